The maximum absolute atomic E-state index is 10.9. The fraction of sp³-hybridized carbons (Fsp3) is 0.889. The summed E-state index contributed by atoms with van der Waals surface area (Å²) in [6.07, 6.45) is 0.891. The van der Waals surface area contributed by atoms with E-state index in [1.165, 1.54) is 0 Å². The van der Waals surface area contributed by atoms with Crippen molar-refractivity contribution in [3.05, 3.63) is 0 Å². The van der Waals surface area contributed by atoms with Crippen LogP contribution in [0.25, 0.3) is 0 Å². The van der Waals surface area contributed by atoms with Gasteiger partial charge in [0, 0.05) is 0 Å². The Hall–Kier alpha value is -0.370. The Bertz CT molecular complexity index is 121. The molecule has 0 heterocycles. The highest BCUT2D eigenvalue weighted by Gasteiger charge is 2.10. The number of rotatable bonds is 5. The largest absolute Gasteiger partial charge is 0.307 e. The fourth-order valence-corrected chi connectivity index (χ4v) is 0.953. The van der Waals surface area contributed by atoms with Crippen LogP contribution >= 0.6 is 0 Å². The van der Waals surface area contributed by atoms with Crippen LogP contribution in [0.2, 0.25) is 0 Å². The van der Waals surface area contributed by atoms with Crippen LogP contribution in [0.3, 0.4) is 0 Å². The van der Waals surface area contributed by atoms with E-state index in [0.29, 0.717) is 5.92 Å². The van der Waals surface area contributed by atoms with Crippen LogP contribution in [0.15, 0.2) is 0 Å². The summed E-state index contributed by atoms with van der Waals surface area (Å²) in [7, 11) is 0. The van der Waals surface area contributed by atoms with Crippen molar-refractivity contribution >= 4 is 5.78 Å². The maximum atomic E-state index is 10.9. The number of carbonyl (C=O) groups is 1. The molecule has 2 nitrogen and oxygen atoms in total. The summed E-state index contributed by atoms with van der Waals surface area (Å²) >= 11 is 0. The van der Waals surface area contributed by atoms with Gasteiger partial charge in [-0.1, -0.05) is 20.8 Å². The minimum absolute atomic E-state index is 0.0670. The van der Waals surface area contributed by atoms with Crippen LogP contribution in [-0.4, -0.2) is 18.4 Å². The van der Waals surface area contributed by atoms with E-state index in [4.69, 9.17) is 0 Å². The molecule has 66 valence electrons. The molecule has 2 heteroatoms. The quantitative estimate of drug-likeness (QED) is 0.656. The third-order valence-electron chi connectivity index (χ3n) is 1.67. The summed E-state index contributed by atoms with van der Waals surface area (Å²) in [6, 6.07) is 0.0670. The highest BCUT2D eigenvalue weighted by Crippen LogP contribution is 1.95. The number of nitrogens with one attached hydrogen (secondary N) is 1. The highest BCUT2D eigenvalue weighted by molar-refractivity contribution is 5.81. The van der Waals surface area contributed by atoms with E-state index in [2.05, 4.69) is 19.2 Å². The van der Waals surface area contributed by atoms with Gasteiger partial charge >= 0.3 is 0 Å². The van der Waals surface area contributed by atoms with Crippen LogP contribution in [-0.2, 0) is 4.79 Å². The molecule has 0 aliphatic carbocycles. The van der Waals surface area contributed by atoms with Crippen molar-refractivity contribution in [3.63, 3.8) is 0 Å². The molecular formula is C9H19NO. The van der Waals surface area contributed by atoms with Gasteiger partial charge in [-0.3, -0.25) is 4.79 Å². The molecule has 0 aliphatic heterocycles. The van der Waals surface area contributed by atoms with Gasteiger partial charge in [0.25, 0.3) is 0 Å². The molecule has 0 saturated carbocycles. The van der Waals surface area contributed by atoms with Crippen LogP contribution in [0.5, 0.6) is 0 Å². The molecule has 0 rings (SSSR count). The molecule has 0 aromatic heterocycles. The molecular weight excluding hydrogens is 138 g/mol. The molecule has 0 bridgehead atoms. The van der Waals surface area contributed by atoms with E-state index in [9.17, 15) is 4.79 Å². The van der Waals surface area contributed by atoms with Gasteiger partial charge < -0.3 is 5.32 Å². The Kier molecular flexibility index (Phi) is 5.12. The van der Waals surface area contributed by atoms with Crippen molar-refractivity contribution in [2.45, 2.75) is 40.2 Å². The lowest BCUT2D eigenvalue weighted by Gasteiger charge is -2.14. The van der Waals surface area contributed by atoms with Gasteiger partial charge in [0.1, 0.15) is 5.78 Å². The number of Topliss-reactive ketones (excluding diaryl/α,β-unsaturated/α-hetero) is 1. The third kappa shape index (κ3) is 4.96. The Balaban J connectivity index is 3.61. The number of carbonyl (C=O) groups excluding carboxylic acids is 1. The number of hydrogen-bond acceptors (Lipinski definition) is 2. The summed E-state index contributed by atoms with van der Waals surface area (Å²) in [6.45, 7) is 8.87. The SMILES string of the molecule is CCC(NCC(C)C)C(C)=O. The predicted molar refractivity (Wildman–Crippen MR) is 47.6 cm³/mol. The molecule has 0 saturated heterocycles. The van der Waals surface area contributed by atoms with Crippen molar-refractivity contribution in [3.8, 4) is 0 Å². The zero-order valence-electron chi connectivity index (χ0n) is 7.98. The lowest BCUT2D eigenvalue weighted by molar-refractivity contribution is -0.119. The summed E-state index contributed by atoms with van der Waals surface area (Å²) in [4.78, 5) is 10.9. The highest BCUT2D eigenvalue weighted by atomic mass is 16.1. The molecule has 0 aromatic carbocycles. The van der Waals surface area contributed by atoms with Crippen molar-refractivity contribution in [2.75, 3.05) is 6.54 Å². The van der Waals surface area contributed by atoms with Gasteiger partial charge in [0.15, 0.2) is 0 Å². The molecule has 0 amide bonds. The third-order valence-corrected chi connectivity index (χ3v) is 1.67. The van der Waals surface area contributed by atoms with E-state index < -0.39 is 0 Å². The maximum Gasteiger partial charge on any atom is 0.146 e. The first-order valence-corrected chi connectivity index (χ1v) is 4.31. The molecule has 0 spiro atoms. The number of hydrogen-bond donors (Lipinski definition) is 1. The molecule has 1 atom stereocenters. The first kappa shape index (κ1) is 10.6. The van der Waals surface area contributed by atoms with Crippen LogP contribution in [0.4, 0.5) is 0 Å². The Morgan fingerprint density at radius 3 is 2.27 bits per heavy atom. The van der Waals surface area contributed by atoms with Crippen molar-refractivity contribution in [1.82, 2.24) is 5.32 Å². The molecule has 0 aliphatic rings. The van der Waals surface area contributed by atoms with Gasteiger partial charge in [-0.05, 0) is 25.8 Å². The zero-order chi connectivity index (χ0) is 8.85. The van der Waals surface area contributed by atoms with Crippen LogP contribution in [0.1, 0.15) is 34.1 Å². The second-order valence-corrected chi connectivity index (χ2v) is 3.37. The average molecular weight is 157 g/mol. The van der Waals surface area contributed by atoms with E-state index in [0.717, 1.165) is 13.0 Å². The van der Waals surface area contributed by atoms with E-state index in [1.54, 1.807) is 6.92 Å². The van der Waals surface area contributed by atoms with Gasteiger partial charge in [-0.25, -0.2) is 0 Å². The minimum Gasteiger partial charge on any atom is -0.307 e. The molecule has 0 fully saturated rings. The summed E-state index contributed by atoms with van der Waals surface area (Å²) < 4.78 is 0. The topological polar surface area (TPSA) is 29.1 Å². The van der Waals surface area contributed by atoms with Crippen molar-refractivity contribution < 1.29 is 4.79 Å². The second-order valence-electron chi connectivity index (χ2n) is 3.37. The average Bonchev–Trinajstić information content (AvgIpc) is 1.87. The van der Waals surface area contributed by atoms with Gasteiger partial charge in [-0.15, -0.1) is 0 Å². The van der Waals surface area contributed by atoms with Gasteiger partial charge in [-0.2, -0.15) is 0 Å². The Labute approximate surface area is 69.4 Å². The van der Waals surface area contributed by atoms with Gasteiger partial charge in [0.05, 0.1) is 6.04 Å². The van der Waals surface area contributed by atoms with E-state index >= 15 is 0 Å². The number of ketones is 1. The minimum atomic E-state index is 0.0670. The summed E-state index contributed by atoms with van der Waals surface area (Å²) in [5.41, 5.74) is 0. The lowest BCUT2D eigenvalue weighted by Crippen LogP contribution is -2.36. The van der Waals surface area contributed by atoms with Crippen LogP contribution in [0, 0.1) is 5.92 Å². The summed E-state index contributed by atoms with van der Waals surface area (Å²) in [5.74, 6) is 0.858. The Morgan fingerprint density at radius 2 is 2.00 bits per heavy atom. The second kappa shape index (κ2) is 5.30. The van der Waals surface area contributed by atoms with E-state index in [1.807, 2.05) is 6.92 Å². The first-order chi connectivity index (χ1) is 5.07. The predicted octanol–water partition coefficient (Wildman–Crippen LogP) is 1.60. The zero-order valence-corrected chi connectivity index (χ0v) is 7.98. The fourth-order valence-electron chi connectivity index (χ4n) is 0.953. The Morgan fingerprint density at radius 1 is 1.45 bits per heavy atom. The first-order valence-electron chi connectivity index (χ1n) is 4.31. The lowest BCUT2D eigenvalue weighted by atomic mass is 10.1. The van der Waals surface area contributed by atoms with Gasteiger partial charge in [0.2, 0.25) is 0 Å². The molecule has 1 N–H and O–H groups in total. The smallest absolute Gasteiger partial charge is 0.146 e. The summed E-state index contributed by atoms with van der Waals surface area (Å²) in [5, 5.41) is 3.22. The molecule has 11 heavy (non-hydrogen) atoms. The van der Waals surface area contributed by atoms with Crippen molar-refractivity contribution in [2.24, 2.45) is 5.92 Å². The monoisotopic (exact) mass is 157 g/mol. The molecule has 0 radical (unpaired) electrons. The van der Waals surface area contributed by atoms with E-state index in [-0.39, 0.29) is 11.8 Å². The molecule has 0 aromatic rings. The van der Waals surface area contributed by atoms with Crippen molar-refractivity contribution in [1.29, 1.82) is 0 Å². The standard InChI is InChI=1S/C9H19NO/c1-5-9(8(4)11)10-6-7(2)3/h7,9-10H,5-6H2,1-4H3. The molecule has 1 unspecified atom stereocenters. The van der Waals surface area contributed by atoms with Crippen LogP contribution < -0.4 is 5.32 Å². The normalized spacial score (nSPS) is 13.5.